The first-order valence-corrected chi connectivity index (χ1v) is 12.9. The SMILES string of the molecule is Fc1ccccc1-c1ccccc1.Fc1ccccc1-c1ccccc1.[Se][Se]. The molecule has 140 valence electrons. The van der Waals surface area contributed by atoms with Gasteiger partial charge in [-0.05, 0) is 23.3 Å². The molecule has 2 radical (unpaired) electrons. The molecule has 0 aliphatic carbocycles. The molecular weight excluding hydrogens is 484 g/mol. The standard InChI is InChI=1S/2C12H9F.Se2/c2*13-12-9-5-4-8-11(12)10-6-2-1-3-7-10;1-2/h2*1-9H;. The van der Waals surface area contributed by atoms with Crippen LogP contribution in [0.15, 0.2) is 109 Å². The predicted octanol–water partition coefficient (Wildman–Crippen LogP) is 6.22. The van der Waals surface area contributed by atoms with Crippen LogP contribution in [0.3, 0.4) is 0 Å². The van der Waals surface area contributed by atoms with E-state index in [1.807, 2.05) is 72.8 Å². The topological polar surface area (TPSA) is 0 Å². The monoisotopic (exact) mass is 504 g/mol. The van der Waals surface area contributed by atoms with Crippen LogP contribution in [0, 0.1) is 11.6 Å². The Kier molecular flexibility index (Phi) is 9.68. The molecule has 0 aromatic heterocycles. The minimum atomic E-state index is -0.172. The van der Waals surface area contributed by atoms with Crippen LogP contribution in [0.25, 0.3) is 22.3 Å². The molecule has 4 rings (SSSR count). The van der Waals surface area contributed by atoms with Crippen molar-refractivity contribution in [3.8, 4) is 22.3 Å². The van der Waals surface area contributed by atoms with Gasteiger partial charge in [-0.15, -0.1) is 0 Å². The summed E-state index contributed by atoms with van der Waals surface area (Å²) in [7, 11) is 0. The zero-order chi connectivity index (χ0) is 20.2. The van der Waals surface area contributed by atoms with Crippen LogP contribution in [0.5, 0.6) is 0 Å². The second-order valence-electron chi connectivity index (χ2n) is 5.69. The summed E-state index contributed by atoms with van der Waals surface area (Å²) in [4.78, 5) is 0. The molecule has 0 fully saturated rings. The Morgan fingerprint density at radius 3 is 1.00 bits per heavy atom. The number of halogens is 2. The van der Waals surface area contributed by atoms with Gasteiger partial charge in [0, 0.05) is 11.1 Å². The van der Waals surface area contributed by atoms with Crippen molar-refractivity contribution in [2.45, 2.75) is 0 Å². The van der Waals surface area contributed by atoms with Crippen LogP contribution in [0.2, 0.25) is 0 Å². The third kappa shape index (κ3) is 6.44. The Labute approximate surface area is 179 Å². The van der Waals surface area contributed by atoms with Gasteiger partial charge in [0.15, 0.2) is 0 Å². The van der Waals surface area contributed by atoms with Crippen molar-refractivity contribution < 1.29 is 8.78 Å². The van der Waals surface area contributed by atoms with Gasteiger partial charge >= 0.3 is 28.4 Å². The molecule has 0 nitrogen and oxygen atoms in total. The quantitative estimate of drug-likeness (QED) is 0.286. The fourth-order valence-electron chi connectivity index (χ4n) is 2.63. The summed E-state index contributed by atoms with van der Waals surface area (Å²) in [5, 5.41) is 0. The van der Waals surface area contributed by atoms with Gasteiger partial charge < -0.3 is 0 Å². The Morgan fingerprint density at radius 2 is 0.679 bits per heavy atom. The van der Waals surface area contributed by atoms with E-state index < -0.39 is 0 Å². The summed E-state index contributed by atoms with van der Waals surface area (Å²) in [6.45, 7) is 0. The van der Waals surface area contributed by atoms with Crippen LogP contribution >= 0.6 is 0 Å². The average Bonchev–Trinajstić information content (AvgIpc) is 2.77. The Bertz CT molecular complexity index is 877. The summed E-state index contributed by atoms with van der Waals surface area (Å²) < 4.78 is 26.6. The van der Waals surface area contributed by atoms with Crippen molar-refractivity contribution in [3.63, 3.8) is 0 Å². The van der Waals surface area contributed by atoms with Gasteiger partial charge in [0.2, 0.25) is 0 Å². The first-order chi connectivity index (χ1) is 13.8. The van der Waals surface area contributed by atoms with Gasteiger partial charge in [-0.1, -0.05) is 97.1 Å². The molecule has 0 heterocycles. The minimum absolute atomic E-state index is 0.172. The van der Waals surface area contributed by atoms with E-state index in [-0.39, 0.29) is 11.6 Å². The first-order valence-electron chi connectivity index (χ1n) is 8.52. The van der Waals surface area contributed by atoms with E-state index in [0.717, 1.165) is 11.1 Å². The molecule has 4 aromatic rings. The molecule has 0 saturated carbocycles. The maximum atomic E-state index is 13.3. The fraction of sp³-hybridized carbons (Fsp3) is 0. The van der Waals surface area contributed by atoms with Gasteiger partial charge in [0.1, 0.15) is 11.6 Å². The van der Waals surface area contributed by atoms with E-state index >= 15 is 0 Å². The molecule has 0 aliphatic heterocycles. The van der Waals surface area contributed by atoms with Crippen molar-refractivity contribution >= 4 is 28.4 Å². The van der Waals surface area contributed by atoms with Gasteiger partial charge in [-0.2, -0.15) is 0 Å². The average molecular weight is 502 g/mol. The third-order valence-electron chi connectivity index (χ3n) is 3.92. The van der Waals surface area contributed by atoms with Gasteiger partial charge in [0.25, 0.3) is 0 Å². The molecule has 0 saturated heterocycles. The van der Waals surface area contributed by atoms with Crippen molar-refractivity contribution in [1.82, 2.24) is 0 Å². The van der Waals surface area contributed by atoms with Crippen molar-refractivity contribution in [3.05, 3.63) is 121 Å². The zero-order valence-corrected chi connectivity index (χ0v) is 18.4. The molecule has 0 unspecified atom stereocenters. The summed E-state index contributed by atoms with van der Waals surface area (Å²) in [5.74, 6) is -0.345. The number of rotatable bonds is 2. The predicted molar refractivity (Wildman–Crippen MR) is 115 cm³/mol. The van der Waals surface area contributed by atoms with Crippen LogP contribution in [0.1, 0.15) is 0 Å². The molecule has 0 bridgehead atoms. The zero-order valence-electron chi connectivity index (χ0n) is 15.0. The first kappa shape index (κ1) is 22.1. The van der Waals surface area contributed by atoms with Gasteiger partial charge in [0.05, 0.1) is 0 Å². The van der Waals surface area contributed by atoms with Crippen molar-refractivity contribution in [2.75, 3.05) is 0 Å². The summed E-state index contributed by atoms with van der Waals surface area (Å²) in [5.41, 5.74) is 3.15. The van der Waals surface area contributed by atoms with Crippen molar-refractivity contribution in [2.24, 2.45) is 0 Å². The van der Waals surface area contributed by atoms with Crippen LogP contribution in [0.4, 0.5) is 8.78 Å². The van der Waals surface area contributed by atoms with Gasteiger partial charge in [-0.25, -0.2) is 8.78 Å². The van der Waals surface area contributed by atoms with E-state index in [9.17, 15) is 8.78 Å². The molecule has 28 heavy (non-hydrogen) atoms. The van der Waals surface area contributed by atoms with E-state index in [0.29, 0.717) is 11.1 Å². The summed E-state index contributed by atoms with van der Waals surface area (Å²) >= 11 is 5.00. The number of benzene rings is 4. The normalized spacial score (nSPS) is 9.43. The molecular formula is C24H18F2Se2. The van der Waals surface area contributed by atoms with Crippen molar-refractivity contribution in [1.29, 1.82) is 0 Å². The Balaban J connectivity index is 0.000000184. The number of hydrogen-bond acceptors (Lipinski definition) is 0. The molecule has 4 aromatic carbocycles. The second-order valence-corrected chi connectivity index (χ2v) is 5.69. The van der Waals surface area contributed by atoms with E-state index in [1.54, 1.807) is 24.3 Å². The maximum absolute atomic E-state index is 13.3. The molecule has 0 N–H and O–H groups in total. The molecule has 0 atom stereocenters. The van der Waals surface area contributed by atoms with Crippen LogP contribution in [-0.2, 0) is 0 Å². The van der Waals surface area contributed by atoms with Crippen LogP contribution in [-0.4, -0.2) is 28.4 Å². The number of hydrogen-bond donors (Lipinski definition) is 0. The van der Waals surface area contributed by atoms with Crippen LogP contribution < -0.4 is 0 Å². The van der Waals surface area contributed by atoms with E-state index in [1.165, 1.54) is 12.1 Å². The second kappa shape index (κ2) is 12.3. The third-order valence-corrected chi connectivity index (χ3v) is 3.92. The Hall–Kier alpha value is -2.22. The Morgan fingerprint density at radius 1 is 0.393 bits per heavy atom. The van der Waals surface area contributed by atoms with Gasteiger partial charge in [-0.3, -0.25) is 0 Å². The van der Waals surface area contributed by atoms with E-state index in [4.69, 9.17) is 0 Å². The summed E-state index contributed by atoms with van der Waals surface area (Å²) in [6, 6.07) is 32.6. The molecule has 0 amide bonds. The molecule has 0 spiro atoms. The fourth-order valence-corrected chi connectivity index (χ4v) is 2.63. The molecule has 0 aliphatic rings. The summed E-state index contributed by atoms with van der Waals surface area (Å²) in [6.07, 6.45) is 0. The molecule has 4 heteroatoms. The van der Waals surface area contributed by atoms with E-state index in [2.05, 4.69) is 28.4 Å².